The Bertz CT molecular complexity index is 561. The van der Waals surface area contributed by atoms with E-state index in [9.17, 15) is 5.11 Å². The molecule has 4 bridgehead atoms. The first-order valence-electron chi connectivity index (χ1n) is 7.98. The second kappa shape index (κ2) is 4.10. The van der Waals surface area contributed by atoms with Crippen molar-refractivity contribution in [1.82, 2.24) is 15.0 Å². The van der Waals surface area contributed by atoms with E-state index in [-0.39, 0.29) is 5.41 Å². The van der Waals surface area contributed by atoms with E-state index < -0.39 is 6.10 Å². The van der Waals surface area contributed by atoms with Crippen LogP contribution in [0.5, 0.6) is 0 Å². The monoisotopic (exact) mass is 353 g/mol. The third kappa shape index (κ3) is 1.96. The molecule has 0 amide bonds. The summed E-state index contributed by atoms with van der Waals surface area (Å²) in [7, 11) is 1.88. The molecule has 1 heterocycles. The number of halogens is 1. The number of nitrogens with zero attached hydrogens (tertiary/aromatic N) is 3. The highest BCUT2D eigenvalue weighted by Gasteiger charge is 2.62. The van der Waals surface area contributed by atoms with Crippen LogP contribution in [-0.4, -0.2) is 20.1 Å². The Hall–Kier alpha value is -0.420. The van der Waals surface area contributed by atoms with Gasteiger partial charge in [-0.1, -0.05) is 19.1 Å². The molecule has 4 saturated carbocycles. The summed E-state index contributed by atoms with van der Waals surface area (Å²) in [5.41, 5.74) is 1.69. The van der Waals surface area contributed by atoms with Gasteiger partial charge in [0.1, 0.15) is 11.8 Å². The van der Waals surface area contributed by atoms with Gasteiger partial charge in [0.25, 0.3) is 0 Å². The summed E-state index contributed by atoms with van der Waals surface area (Å²) in [5.74, 6) is 0.783. The number of aliphatic hydroxyl groups is 1. The molecule has 0 aromatic carbocycles. The first kappa shape index (κ1) is 14.2. The molecule has 21 heavy (non-hydrogen) atoms. The Morgan fingerprint density at radius 2 is 1.81 bits per heavy atom. The molecule has 0 spiro atoms. The lowest BCUT2D eigenvalue weighted by Crippen LogP contribution is -2.57. The van der Waals surface area contributed by atoms with Gasteiger partial charge in [0.05, 0.1) is 0 Å². The van der Waals surface area contributed by atoms with Gasteiger partial charge in [0.2, 0.25) is 0 Å². The summed E-state index contributed by atoms with van der Waals surface area (Å²) in [5, 5.41) is 19.4. The SMILES string of the molecule is Cn1nnc(Br)c1C(O)C12CC3CC(C)(CC(C)(C3)C1)C2. The predicted molar refractivity (Wildman–Crippen MR) is 83.5 cm³/mol. The van der Waals surface area contributed by atoms with Crippen LogP contribution in [0.1, 0.15) is 64.2 Å². The van der Waals surface area contributed by atoms with E-state index >= 15 is 0 Å². The summed E-state index contributed by atoms with van der Waals surface area (Å²) in [6.45, 7) is 4.88. The van der Waals surface area contributed by atoms with Crippen molar-refractivity contribution in [3.63, 3.8) is 0 Å². The third-order valence-corrected chi connectivity index (χ3v) is 6.90. The molecule has 3 unspecified atom stereocenters. The van der Waals surface area contributed by atoms with E-state index in [1.807, 2.05) is 7.05 Å². The predicted octanol–water partition coefficient (Wildman–Crippen LogP) is 3.61. The van der Waals surface area contributed by atoms with E-state index in [1.165, 1.54) is 19.3 Å². The van der Waals surface area contributed by atoms with Crippen LogP contribution in [-0.2, 0) is 7.05 Å². The summed E-state index contributed by atoms with van der Waals surface area (Å²) in [4.78, 5) is 0. The molecule has 4 fully saturated rings. The number of aromatic nitrogens is 3. The fourth-order valence-electron chi connectivity index (χ4n) is 6.76. The fraction of sp³-hybridized carbons (Fsp3) is 0.875. The van der Waals surface area contributed by atoms with Gasteiger partial charge in [-0.15, -0.1) is 5.10 Å². The molecule has 4 aliphatic carbocycles. The molecule has 3 atom stereocenters. The Labute approximate surface area is 134 Å². The van der Waals surface area contributed by atoms with Gasteiger partial charge in [-0.2, -0.15) is 0 Å². The first-order valence-corrected chi connectivity index (χ1v) is 8.77. The Morgan fingerprint density at radius 3 is 2.29 bits per heavy atom. The lowest BCUT2D eigenvalue weighted by Gasteiger charge is -2.66. The average molecular weight is 354 g/mol. The van der Waals surface area contributed by atoms with Crippen LogP contribution in [0.3, 0.4) is 0 Å². The van der Waals surface area contributed by atoms with Crippen molar-refractivity contribution in [3.05, 3.63) is 10.3 Å². The van der Waals surface area contributed by atoms with Gasteiger partial charge >= 0.3 is 0 Å². The van der Waals surface area contributed by atoms with Crippen molar-refractivity contribution in [3.8, 4) is 0 Å². The lowest BCUT2D eigenvalue weighted by atomic mass is 9.39. The van der Waals surface area contributed by atoms with Gasteiger partial charge in [0.15, 0.2) is 4.60 Å². The molecule has 4 nitrogen and oxygen atoms in total. The molecule has 1 aromatic heterocycles. The van der Waals surface area contributed by atoms with Crippen molar-refractivity contribution in [1.29, 1.82) is 0 Å². The van der Waals surface area contributed by atoms with Crippen LogP contribution in [0.15, 0.2) is 4.60 Å². The summed E-state index contributed by atoms with van der Waals surface area (Å²) in [6.07, 6.45) is 7.01. The molecule has 5 heteroatoms. The van der Waals surface area contributed by atoms with Crippen LogP contribution in [0.4, 0.5) is 0 Å². The van der Waals surface area contributed by atoms with Gasteiger partial charge in [-0.3, -0.25) is 0 Å². The molecule has 0 saturated heterocycles. The number of aryl methyl sites for hydroxylation is 1. The van der Waals surface area contributed by atoms with E-state index in [2.05, 4.69) is 40.1 Å². The van der Waals surface area contributed by atoms with E-state index in [4.69, 9.17) is 0 Å². The Kier molecular flexibility index (Phi) is 2.77. The minimum atomic E-state index is -0.464. The molecular formula is C16H24BrN3O. The van der Waals surface area contributed by atoms with Crippen molar-refractivity contribution >= 4 is 15.9 Å². The van der Waals surface area contributed by atoms with Crippen molar-refractivity contribution < 1.29 is 5.11 Å². The van der Waals surface area contributed by atoms with Gasteiger partial charge < -0.3 is 5.11 Å². The molecule has 116 valence electrons. The van der Waals surface area contributed by atoms with Gasteiger partial charge in [0, 0.05) is 12.5 Å². The lowest BCUT2D eigenvalue weighted by molar-refractivity contribution is -0.188. The van der Waals surface area contributed by atoms with Crippen LogP contribution in [0.25, 0.3) is 0 Å². The van der Waals surface area contributed by atoms with Gasteiger partial charge in [-0.05, 0) is 71.2 Å². The molecule has 0 radical (unpaired) electrons. The maximum Gasteiger partial charge on any atom is 0.154 e. The highest BCUT2D eigenvalue weighted by atomic mass is 79.9. The number of hydrogen-bond donors (Lipinski definition) is 1. The van der Waals surface area contributed by atoms with Gasteiger partial charge in [-0.25, -0.2) is 4.68 Å². The quantitative estimate of drug-likeness (QED) is 0.883. The molecule has 5 rings (SSSR count). The second-order valence-corrected chi connectivity index (χ2v) is 9.54. The number of hydrogen-bond acceptors (Lipinski definition) is 3. The number of aliphatic hydroxyl groups excluding tert-OH is 1. The highest BCUT2D eigenvalue weighted by molar-refractivity contribution is 9.10. The third-order valence-electron chi connectivity index (χ3n) is 6.34. The van der Waals surface area contributed by atoms with E-state index in [0.29, 0.717) is 15.4 Å². The van der Waals surface area contributed by atoms with Crippen LogP contribution >= 0.6 is 15.9 Å². The van der Waals surface area contributed by atoms with Crippen molar-refractivity contribution in [2.75, 3.05) is 0 Å². The Morgan fingerprint density at radius 1 is 1.19 bits per heavy atom. The highest BCUT2D eigenvalue weighted by Crippen LogP contribution is 2.72. The minimum Gasteiger partial charge on any atom is -0.386 e. The summed E-state index contributed by atoms with van der Waals surface area (Å²) < 4.78 is 2.43. The molecule has 0 aliphatic heterocycles. The second-order valence-electron chi connectivity index (χ2n) is 8.78. The Balaban J connectivity index is 1.77. The largest absolute Gasteiger partial charge is 0.386 e. The number of rotatable bonds is 2. The molecule has 4 aliphatic rings. The standard InChI is InChI=1S/C16H24BrN3O/c1-14-4-10-5-15(2,7-14)9-16(6-10,8-14)12(21)11-13(17)18-19-20(11)3/h10,12,21H,4-9H2,1-3H3. The minimum absolute atomic E-state index is 0.0148. The van der Waals surface area contributed by atoms with Crippen LogP contribution < -0.4 is 0 Å². The zero-order chi connectivity index (χ0) is 15.0. The zero-order valence-corrected chi connectivity index (χ0v) is 14.7. The topological polar surface area (TPSA) is 50.9 Å². The van der Waals surface area contributed by atoms with Crippen molar-refractivity contribution in [2.45, 2.75) is 58.5 Å². The molecular weight excluding hydrogens is 330 g/mol. The smallest absolute Gasteiger partial charge is 0.154 e. The zero-order valence-electron chi connectivity index (χ0n) is 13.1. The van der Waals surface area contributed by atoms with E-state index in [1.54, 1.807) is 4.68 Å². The average Bonchev–Trinajstić information content (AvgIpc) is 2.63. The maximum atomic E-state index is 11.2. The normalized spacial score (nSPS) is 46.0. The molecule has 1 N–H and O–H groups in total. The van der Waals surface area contributed by atoms with Crippen LogP contribution in [0, 0.1) is 22.2 Å². The summed E-state index contributed by atoms with van der Waals surface area (Å²) in [6, 6.07) is 0. The van der Waals surface area contributed by atoms with E-state index in [0.717, 1.165) is 30.9 Å². The molecule has 1 aromatic rings. The fourth-order valence-corrected chi connectivity index (χ4v) is 7.30. The maximum absolute atomic E-state index is 11.2. The first-order chi connectivity index (χ1) is 9.74. The van der Waals surface area contributed by atoms with Crippen molar-refractivity contribution in [2.24, 2.45) is 29.2 Å². The van der Waals surface area contributed by atoms with Crippen LogP contribution in [0.2, 0.25) is 0 Å². The summed E-state index contributed by atoms with van der Waals surface area (Å²) >= 11 is 3.47.